The number of rotatable bonds is 8. The Labute approximate surface area is 118 Å². The molecule has 5 heteroatoms. The summed E-state index contributed by atoms with van der Waals surface area (Å²) in [5.41, 5.74) is 0.936. The summed E-state index contributed by atoms with van der Waals surface area (Å²) in [4.78, 5) is 11.5. The first-order valence-electron chi connectivity index (χ1n) is 6.17. The highest BCUT2D eigenvalue weighted by atomic mass is 35.5. The molecule has 0 aromatic heterocycles. The van der Waals surface area contributed by atoms with Crippen LogP contribution >= 0.6 is 11.6 Å². The molecule has 1 aromatic carbocycles. The Morgan fingerprint density at radius 2 is 2.32 bits per heavy atom. The van der Waals surface area contributed by atoms with E-state index in [1.54, 1.807) is 12.1 Å². The summed E-state index contributed by atoms with van der Waals surface area (Å²) < 4.78 is 5.51. The zero-order valence-corrected chi connectivity index (χ0v) is 11.8. The van der Waals surface area contributed by atoms with Gasteiger partial charge in [-0.05, 0) is 12.6 Å². The molecule has 1 aromatic rings. The Balaban J connectivity index is 2.65. The summed E-state index contributed by atoms with van der Waals surface area (Å²) in [6, 6.07) is 5.53. The second-order valence-corrected chi connectivity index (χ2v) is 4.30. The number of halogens is 1. The Kier molecular flexibility index (Phi) is 7.00. The molecule has 0 aliphatic carbocycles. The fraction of sp³-hybridized carbons (Fsp3) is 0.357. The normalized spacial score (nSPS) is 10.0. The van der Waals surface area contributed by atoms with E-state index in [0.29, 0.717) is 23.9 Å². The molecule has 0 bridgehead atoms. The molecule has 0 aliphatic heterocycles. The molecule has 2 N–H and O–H groups in total. The number of ether oxygens (including phenoxy) is 1. The number of carbonyl (C=O) groups is 1. The molecule has 19 heavy (non-hydrogen) atoms. The number of carbonyl (C=O) groups excluding carboxylic acids is 1. The van der Waals surface area contributed by atoms with Crippen molar-refractivity contribution < 1.29 is 9.53 Å². The van der Waals surface area contributed by atoms with Crippen molar-refractivity contribution in [2.45, 2.75) is 13.5 Å². The Bertz CT molecular complexity index is 435. The third-order valence-electron chi connectivity index (χ3n) is 2.41. The van der Waals surface area contributed by atoms with Crippen molar-refractivity contribution in [3.8, 4) is 5.75 Å². The van der Waals surface area contributed by atoms with Crippen molar-refractivity contribution in [2.24, 2.45) is 0 Å². The molecule has 0 aliphatic rings. The van der Waals surface area contributed by atoms with Gasteiger partial charge in [-0.3, -0.25) is 4.79 Å². The molecule has 0 radical (unpaired) electrons. The molecule has 0 spiro atoms. The van der Waals surface area contributed by atoms with Gasteiger partial charge < -0.3 is 15.4 Å². The van der Waals surface area contributed by atoms with E-state index < -0.39 is 0 Å². The quantitative estimate of drug-likeness (QED) is 0.718. The first-order chi connectivity index (χ1) is 9.19. The number of nitrogens with one attached hydrogen (secondary N) is 2. The maximum Gasteiger partial charge on any atom is 0.258 e. The molecule has 0 fully saturated rings. The van der Waals surface area contributed by atoms with Crippen LogP contribution in [0.3, 0.4) is 0 Å². The van der Waals surface area contributed by atoms with Crippen LogP contribution in [-0.4, -0.2) is 25.6 Å². The van der Waals surface area contributed by atoms with Gasteiger partial charge in [0.25, 0.3) is 5.91 Å². The van der Waals surface area contributed by atoms with E-state index in [1.807, 2.05) is 19.1 Å². The Morgan fingerprint density at radius 3 is 3.00 bits per heavy atom. The zero-order valence-electron chi connectivity index (χ0n) is 11.0. The van der Waals surface area contributed by atoms with Crippen LogP contribution in [0.5, 0.6) is 5.75 Å². The summed E-state index contributed by atoms with van der Waals surface area (Å²) in [5.74, 6) is 0.355. The van der Waals surface area contributed by atoms with Gasteiger partial charge >= 0.3 is 0 Å². The smallest absolute Gasteiger partial charge is 0.258 e. The van der Waals surface area contributed by atoms with Gasteiger partial charge in [-0.15, -0.1) is 6.58 Å². The zero-order chi connectivity index (χ0) is 14.1. The second-order valence-electron chi connectivity index (χ2n) is 3.89. The van der Waals surface area contributed by atoms with E-state index in [-0.39, 0.29) is 12.5 Å². The summed E-state index contributed by atoms with van der Waals surface area (Å²) >= 11 is 6.10. The molecule has 0 saturated heterocycles. The largest absolute Gasteiger partial charge is 0.482 e. The topological polar surface area (TPSA) is 50.4 Å². The highest BCUT2D eigenvalue weighted by Gasteiger charge is 2.10. The van der Waals surface area contributed by atoms with Crippen molar-refractivity contribution in [1.29, 1.82) is 0 Å². The number of para-hydroxylation sites is 1. The monoisotopic (exact) mass is 282 g/mol. The van der Waals surface area contributed by atoms with Gasteiger partial charge in [-0.1, -0.05) is 36.7 Å². The van der Waals surface area contributed by atoms with E-state index in [2.05, 4.69) is 17.2 Å². The molecule has 0 saturated carbocycles. The summed E-state index contributed by atoms with van der Waals surface area (Å²) in [5, 5.41) is 6.35. The fourth-order valence-electron chi connectivity index (χ4n) is 1.49. The molecule has 1 amide bonds. The predicted molar refractivity (Wildman–Crippen MR) is 77.5 cm³/mol. The van der Waals surface area contributed by atoms with E-state index in [0.717, 1.165) is 12.1 Å². The van der Waals surface area contributed by atoms with Gasteiger partial charge in [-0.25, -0.2) is 0 Å². The minimum absolute atomic E-state index is 0.0588. The maximum atomic E-state index is 11.5. The summed E-state index contributed by atoms with van der Waals surface area (Å²) in [6.45, 7) is 7.42. The minimum atomic E-state index is -0.200. The second kappa shape index (κ2) is 8.56. The van der Waals surface area contributed by atoms with Crippen LogP contribution in [0.1, 0.15) is 12.5 Å². The first-order valence-corrected chi connectivity index (χ1v) is 6.55. The minimum Gasteiger partial charge on any atom is -0.482 e. The Hall–Kier alpha value is -1.52. The molecule has 4 nitrogen and oxygen atoms in total. The van der Waals surface area contributed by atoms with Gasteiger partial charge in [0.15, 0.2) is 6.61 Å². The van der Waals surface area contributed by atoms with Crippen LogP contribution in [-0.2, 0) is 11.3 Å². The molecule has 0 atom stereocenters. The lowest BCUT2D eigenvalue weighted by atomic mass is 10.2. The Morgan fingerprint density at radius 1 is 1.53 bits per heavy atom. The molecular weight excluding hydrogens is 264 g/mol. The van der Waals surface area contributed by atoms with Crippen LogP contribution in [0.15, 0.2) is 30.9 Å². The lowest BCUT2D eigenvalue weighted by Gasteiger charge is -2.13. The van der Waals surface area contributed by atoms with E-state index in [9.17, 15) is 4.79 Å². The highest BCUT2D eigenvalue weighted by molar-refractivity contribution is 6.32. The lowest BCUT2D eigenvalue weighted by Crippen LogP contribution is -2.29. The summed E-state index contributed by atoms with van der Waals surface area (Å²) in [6.07, 6.45) is 1.62. The lowest BCUT2D eigenvalue weighted by molar-refractivity contribution is -0.122. The SMILES string of the molecule is C=CCNC(=O)COc1c(Cl)cccc1CNCC. The van der Waals surface area contributed by atoms with Gasteiger partial charge in [-0.2, -0.15) is 0 Å². The predicted octanol–water partition coefficient (Wildman–Crippen LogP) is 2.13. The van der Waals surface area contributed by atoms with Gasteiger partial charge in [0, 0.05) is 18.7 Å². The molecule has 0 unspecified atom stereocenters. The number of hydrogen-bond donors (Lipinski definition) is 2. The van der Waals surface area contributed by atoms with Gasteiger partial charge in [0.2, 0.25) is 0 Å². The average molecular weight is 283 g/mol. The third kappa shape index (κ3) is 5.32. The maximum absolute atomic E-state index is 11.5. The number of hydrogen-bond acceptors (Lipinski definition) is 3. The van der Waals surface area contributed by atoms with Crippen molar-refractivity contribution in [1.82, 2.24) is 10.6 Å². The van der Waals surface area contributed by atoms with Gasteiger partial charge in [0.1, 0.15) is 5.75 Å². The summed E-state index contributed by atoms with van der Waals surface area (Å²) in [7, 11) is 0. The van der Waals surface area contributed by atoms with Crippen molar-refractivity contribution in [3.05, 3.63) is 41.4 Å². The standard InChI is InChI=1S/C14H19ClN2O2/c1-3-8-17-13(18)10-19-14-11(9-16-4-2)6-5-7-12(14)15/h3,5-7,16H,1,4,8-10H2,2H3,(H,17,18). The van der Waals surface area contributed by atoms with Crippen molar-refractivity contribution >= 4 is 17.5 Å². The number of amides is 1. The van der Waals surface area contributed by atoms with Crippen LogP contribution in [0.2, 0.25) is 5.02 Å². The highest BCUT2D eigenvalue weighted by Crippen LogP contribution is 2.28. The van der Waals surface area contributed by atoms with E-state index in [1.165, 1.54) is 0 Å². The average Bonchev–Trinajstić information content (AvgIpc) is 2.41. The van der Waals surface area contributed by atoms with E-state index >= 15 is 0 Å². The first kappa shape index (κ1) is 15.5. The molecule has 104 valence electrons. The molecular formula is C14H19ClN2O2. The van der Waals surface area contributed by atoms with Crippen LogP contribution in [0.25, 0.3) is 0 Å². The van der Waals surface area contributed by atoms with Crippen LogP contribution in [0, 0.1) is 0 Å². The molecule has 1 rings (SSSR count). The van der Waals surface area contributed by atoms with Crippen molar-refractivity contribution in [2.75, 3.05) is 19.7 Å². The van der Waals surface area contributed by atoms with Crippen LogP contribution < -0.4 is 15.4 Å². The van der Waals surface area contributed by atoms with Crippen molar-refractivity contribution in [3.63, 3.8) is 0 Å². The number of benzene rings is 1. The van der Waals surface area contributed by atoms with E-state index in [4.69, 9.17) is 16.3 Å². The van der Waals surface area contributed by atoms with Crippen LogP contribution in [0.4, 0.5) is 0 Å². The fourth-order valence-corrected chi connectivity index (χ4v) is 1.74. The third-order valence-corrected chi connectivity index (χ3v) is 2.70. The molecule has 0 heterocycles. The van der Waals surface area contributed by atoms with Gasteiger partial charge in [0.05, 0.1) is 5.02 Å².